The number of ether oxygens (including phenoxy) is 2. The van der Waals surface area contributed by atoms with Gasteiger partial charge in [0, 0.05) is 90.0 Å². The highest BCUT2D eigenvalue weighted by Crippen LogP contribution is 2.26. The number of imide groups is 2. The summed E-state index contributed by atoms with van der Waals surface area (Å²) in [5.74, 6) is 1.57. The van der Waals surface area contributed by atoms with Crippen molar-refractivity contribution in [2.75, 3.05) is 65.4 Å². The molecule has 4 fully saturated rings. The van der Waals surface area contributed by atoms with E-state index in [9.17, 15) is 28.8 Å². The fraction of sp³-hybridized carbons (Fsp3) is 0.517. The number of pyridine rings is 2. The number of nitrogens with one attached hydrogen (secondary N) is 1. The predicted octanol–water partition coefficient (Wildman–Crippen LogP) is 8.67. The fourth-order valence-corrected chi connectivity index (χ4v) is 10.0. The molecule has 77 heavy (non-hydrogen) atoms. The molecule has 412 valence electrons. The molecule has 19 nitrogen and oxygen atoms in total. The third kappa shape index (κ3) is 17.3. The first kappa shape index (κ1) is 57.7. The number of azo groups is 1. The molecule has 4 aromatic rings. The number of hydrogen-bond donors (Lipinski definition) is 2. The summed E-state index contributed by atoms with van der Waals surface area (Å²) >= 11 is 0. The lowest BCUT2D eigenvalue weighted by Gasteiger charge is -2.32. The van der Waals surface area contributed by atoms with E-state index in [-0.39, 0.29) is 61.1 Å². The molecular formula is C58H76N10O9. The predicted molar refractivity (Wildman–Crippen MR) is 290 cm³/mol. The lowest BCUT2D eigenvalue weighted by molar-refractivity contribution is 0.0640. The minimum Gasteiger partial charge on any atom is -0.474 e. The summed E-state index contributed by atoms with van der Waals surface area (Å²) in [4.78, 5) is 88.4. The lowest BCUT2D eigenvalue weighted by Crippen LogP contribution is -2.40. The van der Waals surface area contributed by atoms with Crippen molar-refractivity contribution in [2.24, 2.45) is 22.1 Å². The molecular weight excluding hydrogens is 981 g/mol. The highest BCUT2D eigenvalue weighted by atomic mass is 16.5. The number of likely N-dealkylation sites (tertiary alicyclic amines) is 4. The summed E-state index contributed by atoms with van der Waals surface area (Å²) in [7, 11) is 0. The zero-order chi connectivity index (χ0) is 54.7. The molecule has 0 atom stereocenters. The van der Waals surface area contributed by atoms with Crippen LogP contribution in [0.3, 0.4) is 0 Å². The third-order valence-electron chi connectivity index (χ3n) is 14.0. The molecule has 0 spiro atoms. The van der Waals surface area contributed by atoms with Gasteiger partial charge in [-0.2, -0.15) is 0 Å². The quantitative estimate of drug-likeness (QED) is 0.106. The number of nitrogens with zero attached hydrogens (tertiary/aromatic N) is 9. The molecule has 6 aliphatic heterocycles. The van der Waals surface area contributed by atoms with Gasteiger partial charge in [0.1, 0.15) is 12.2 Å². The smallest absolute Gasteiger partial charge is 0.362 e. The maximum atomic E-state index is 12.5. The average molecular weight is 1060 g/mol. The molecule has 0 saturated carbocycles. The van der Waals surface area contributed by atoms with Gasteiger partial charge >= 0.3 is 12.1 Å². The van der Waals surface area contributed by atoms with Crippen LogP contribution in [0.4, 0.5) is 9.59 Å². The highest BCUT2D eigenvalue weighted by Gasteiger charge is 2.35. The van der Waals surface area contributed by atoms with E-state index in [0.29, 0.717) is 39.9 Å². The van der Waals surface area contributed by atoms with Gasteiger partial charge in [0.25, 0.3) is 23.6 Å². The summed E-state index contributed by atoms with van der Waals surface area (Å²) in [6, 6.07) is 20.3. The number of carbonyl (C=O) groups excluding carboxylic acids is 6. The SMILES string of the molecule is CC(C)CN1CCC(Oc2ccc(CN3C(=O)c4ccccc4C3=O)cn2)CC1.CC(C)CN1CCC(Oc2ccc(CO)cn2)CC1.O=C(N=NC(=O)N1CCCCC1)N1CCCCC1.O=C1NC(=O)c2ccccc21. The van der Waals surface area contributed by atoms with E-state index < -0.39 is 0 Å². The Morgan fingerprint density at radius 3 is 1.31 bits per heavy atom. The van der Waals surface area contributed by atoms with Crippen LogP contribution in [0.5, 0.6) is 11.8 Å². The van der Waals surface area contributed by atoms with Gasteiger partial charge in [-0.1, -0.05) is 68.3 Å². The monoisotopic (exact) mass is 1060 g/mol. The Balaban J connectivity index is 0.000000157. The maximum Gasteiger partial charge on any atom is 0.362 e. The largest absolute Gasteiger partial charge is 0.474 e. The van der Waals surface area contributed by atoms with Gasteiger partial charge in [0.2, 0.25) is 11.8 Å². The molecule has 8 heterocycles. The number of rotatable bonds is 11. The van der Waals surface area contributed by atoms with E-state index in [0.717, 1.165) is 140 Å². The third-order valence-corrected chi connectivity index (χ3v) is 14.0. The van der Waals surface area contributed by atoms with Crippen LogP contribution >= 0.6 is 0 Å². The molecule has 2 aromatic carbocycles. The Kier molecular flexibility index (Phi) is 21.7. The molecule has 10 rings (SSSR count). The van der Waals surface area contributed by atoms with Crippen LogP contribution in [0.2, 0.25) is 0 Å². The summed E-state index contributed by atoms with van der Waals surface area (Å²) in [5, 5.41) is 18.3. The van der Waals surface area contributed by atoms with Gasteiger partial charge in [-0.25, -0.2) is 19.6 Å². The van der Waals surface area contributed by atoms with E-state index in [2.05, 4.69) is 63.0 Å². The summed E-state index contributed by atoms with van der Waals surface area (Å²) < 4.78 is 11.9. The number of carbonyl (C=O) groups is 6. The molecule has 8 amide bonds. The summed E-state index contributed by atoms with van der Waals surface area (Å²) in [6.07, 6.45) is 14.3. The van der Waals surface area contributed by atoms with Crippen molar-refractivity contribution in [2.45, 2.75) is 117 Å². The summed E-state index contributed by atoms with van der Waals surface area (Å²) in [6.45, 7) is 18.8. The zero-order valence-electron chi connectivity index (χ0n) is 45.2. The van der Waals surface area contributed by atoms with Gasteiger partial charge in [-0.15, -0.1) is 0 Å². The molecule has 0 aliphatic carbocycles. The molecule has 0 radical (unpaired) electrons. The first-order valence-corrected chi connectivity index (χ1v) is 27.4. The van der Waals surface area contributed by atoms with Crippen molar-refractivity contribution < 1.29 is 43.3 Å². The minimum absolute atomic E-state index is 0.0286. The topological polar surface area (TPSA) is 220 Å². The standard InChI is InChI=1S/C23H27N3O3.C15H24N2O2.C12H20N4O2.C8H5NO2/c1-16(2)14-25-11-9-18(10-12-25)29-21-8-7-17(13-24-21)15-26-22(27)19-5-3-4-6-20(19)23(26)28;1-12(2)10-17-7-5-14(6-8-17)19-15-4-3-13(11-18)9-16-15;17-11(15-7-3-1-4-8-15)13-14-12(18)16-9-5-2-6-10-16;10-7-5-3-1-2-4-6(5)8(11)9-7/h3-8,13,16,18H,9-12,14-15H2,1-2H3;3-4,9,12,14,18H,5-8,10-11H2,1-2H3;1-10H2;1-4H,(H,9,10,11). The zero-order valence-corrected chi connectivity index (χ0v) is 45.2. The van der Waals surface area contributed by atoms with Crippen LogP contribution in [-0.4, -0.2) is 153 Å². The Bertz CT molecular complexity index is 2520. The number of urea groups is 2. The number of amides is 8. The summed E-state index contributed by atoms with van der Waals surface area (Å²) in [5.41, 5.74) is 3.50. The van der Waals surface area contributed by atoms with E-state index >= 15 is 0 Å². The van der Waals surface area contributed by atoms with E-state index in [1.54, 1.807) is 70.7 Å². The second-order valence-corrected chi connectivity index (χ2v) is 21.1. The molecule has 6 aliphatic rings. The first-order chi connectivity index (χ1) is 37.2. The normalized spacial score (nSPS) is 18.2. The van der Waals surface area contributed by atoms with E-state index in [1.165, 1.54) is 11.4 Å². The Morgan fingerprint density at radius 1 is 0.558 bits per heavy atom. The maximum absolute atomic E-state index is 12.5. The molecule has 0 bridgehead atoms. The first-order valence-electron chi connectivity index (χ1n) is 27.4. The van der Waals surface area contributed by atoms with E-state index in [4.69, 9.17) is 14.6 Å². The van der Waals surface area contributed by atoms with Crippen LogP contribution in [0.1, 0.15) is 144 Å². The lowest BCUT2D eigenvalue weighted by atomic mass is 10.1. The van der Waals surface area contributed by atoms with E-state index in [1.807, 2.05) is 24.3 Å². The fourth-order valence-electron chi connectivity index (χ4n) is 10.0. The van der Waals surface area contributed by atoms with Crippen molar-refractivity contribution in [1.29, 1.82) is 0 Å². The number of aliphatic hydroxyl groups is 1. The van der Waals surface area contributed by atoms with Crippen molar-refractivity contribution in [3.63, 3.8) is 0 Å². The van der Waals surface area contributed by atoms with Gasteiger partial charge in [0.15, 0.2) is 0 Å². The van der Waals surface area contributed by atoms with Crippen LogP contribution in [-0.2, 0) is 13.2 Å². The van der Waals surface area contributed by atoms with Gasteiger partial charge in [-0.05, 0) is 118 Å². The second kappa shape index (κ2) is 29.0. The average Bonchev–Trinajstić information content (AvgIpc) is 3.92. The highest BCUT2D eigenvalue weighted by molar-refractivity contribution is 6.22. The van der Waals surface area contributed by atoms with Crippen LogP contribution in [0.25, 0.3) is 0 Å². The van der Waals surface area contributed by atoms with Crippen molar-refractivity contribution >= 4 is 35.7 Å². The molecule has 0 unspecified atom stereocenters. The second-order valence-electron chi connectivity index (χ2n) is 21.1. The van der Waals surface area contributed by atoms with Gasteiger partial charge in [0.05, 0.1) is 35.4 Å². The molecule has 4 saturated heterocycles. The van der Waals surface area contributed by atoms with Crippen molar-refractivity contribution in [1.82, 2.24) is 39.8 Å². The molecule has 2 aromatic heterocycles. The van der Waals surface area contributed by atoms with Gasteiger partial charge < -0.3 is 34.2 Å². The molecule has 2 N–H and O–H groups in total. The minimum atomic E-state index is -0.375. The Morgan fingerprint density at radius 2 is 0.948 bits per heavy atom. The molecule has 19 heteroatoms. The number of hydrogen-bond acceptors (Lipinski definition) is 13. The number of fused-ring (bicyclic) bond motifs is 2. The number of aromatic nitrogens is 2. The number of benzene rings is 2. The Labute approximate surface area is 452 Å². The van der Waals surface area contributed by atoms with Gasteiger partial charge in [-0.3, -0.25) is 29.4 Å². The van der Waals surface area contributed by atoms with Crippen molar-refractivity contribution in [3.8, 4) is 11.8 Å². The van der Waals surface area contributed by atoms with Crippen LogP contribution < -0.4 is 14.8 Å². The number of piperidine rings is 4. The van der Waals surface area contributed by atoms with Crippen LogP contribution in [0.15, 0.2) is 95.4 Å². The van der Waals surface area contributed by atoms with Crippen molar-refractivity contribution in [3.05, 3.63) is 119 Å². The van der Waals surface area contributed by atoms with Crippen LogP contribution in [0, 0.1) is 11.8 Å². The Hall–Kier alpha value is -6.96. The number of aliphatic hydroxyl groups excluding tert-OH is 1.